The van der Waals surface area contributed by atoms with Crippen molar-refractivity contribution in [3.05, 3.63) is 65.0 Å². The highest BCUT2D eigenvalue weighted by atomic mass is 35.5. The summed E-state index contributed by atoms with van der Waals surface area (Å²) in [4.78, 5) is 32.2. The molecular formula is C26H27ClF3N5O4S. The number of carbonyl (C=O) groups is 2. The number of anilines is 1. The largest absolute Gasteiger partial charge is 0.403 e. The Morgan fingerprint density at radius 3 is 2.38 bits per heavy atom. The second-order valence-corrected chi connectivity index (χ2v) is 12.4. The summed E-state index contributed by atoms with van der Waals surface area (Å²) in [6.45, 7) is -1.48. The van der Waals surface area contributed by atoms with Crippen LogP contribution in [-0.4, -0.2) is 96.2 Å². The van der Waals surface area contributed by atoms with Crippen LogP contribution < -0.4 is 4.90 Å². The Balaban J connectivity index is 1.29. The fraction of sp³-hybridized carbons (Fsp3) is 0.423. The van der Waals surface area contributed by atoms with Gasteiger partial charge in [0.25, 0.3) is 5.91 Å². The van der Waals surface area contributed by atoms with E-state index in [0.29, 0.717) is 36.5 Å². The van der Waals surface area contributed by atoms with Crippen LogP contribution in [0.15, 0.2) is 48.8 Å². The van der Waals surface area contributed by atoms with Crippen LogP contribution in [0.5, 0.6) is 0 Å². The van der Waals surface area contributed by atoms with Gasteiger partial charge in [-0.25, -0.2) is 13.4 Å². The van der Waals surface area contributed by atoms with Crippen LogP contribution in [0.2, 0.25) is 5.02 Å². The van der Waals surface area contributed by atoms with Crippen molar-refractivity contribution in [1.82, 2.24) is 19.3 Å². The molecule has 40 heavy (non-hydrogen) atoms. The van der Waals surface area contributed by atoms with E-state index in [1.165, 1.54) is 24.3 Å². The van der Waals surface area contributed by atoms with Gasteiger partial charge < -0.3 is 4.90 Å². The predicted octanol–water partition coefficient (Wildman–Crippen LogP) is 3.24. The van der Waals surface area contributed by atoms with E-state index in [1.807, 2.05) is 12.1 Å². The number of alkyl halides is 3. The maximum absolute atomic E-state index is 13.6. The van der Waals surface area contributed by atoms with Gasteiger partial charge in [-0.1, -0.05) is 23.8 Å². The van der Waals surface area contributed by atoms with Gasteiger partial charge in [-0.3, -0.25) is 19.6 Å². The number of rotatable bonds is 6. The molecule has 2 aromatic rings. The molecule has 0 saturated carbocycles. The van der Waals surface area contributed by atoms with Gasteiger partial charge in [0.2, 0.25) is 10.0 Å². The molecule has 3 heterocycles. The van der Waals surface area contributed by atoms with Crippen LogP contribution >= 0.6 is 11.6 Å². The molecule has 9 nitrogen and oxygen atoms in total. The van der Waals surface area contributed by atoms with Gasteiger partial charge in [-0.2, -0.15) is 17.5 Å². The van der Waals surface area contributed by atoms with Crippen molar-refractivity contribution >= 4 is 45.1 Å². The summed E-state index contributed by atoms with van der Waals surface area (Å²) in [5.74, 6) is -1.42. The molecule has 3 aliphatic rings. The number of hydrogen-bond donors (Lipinski definition) is 0. The van der Waals surface area contributed by atoms with Gasteiger partial charge in [0.15, 0.2) is 11.0 Å². The molecule has 2 fully saturated rings. The van der Waals surface area contributed by atoms with E-state index in [1.54, 1.807) is 18.5 Å². The van der Waals surface area contributed by atoms with E-state index in [-0.39, 0.29) is 18.7 Å². The molecule has 1 atom stereocenters. The SMILES string of the molecule is O=C1c2ccc(Cl)cc2C=CC1S(=O)(=O)N1CCN(N(CC(F)(F)F)C2CCN(c3ccncc3)CC2)C(=O)C1. The van der Waals surface area contributed by atoms with E-state index >= 15 is 0 Å². The first-order valence-corrected chi connectivity index (χ1v) is 14.6. The number of aromatic nitrogens is 1. The molecule has 0 bridgehead atoms. The molecular weight excluding hydrogens is 571 g/mol. The number of carbonyl (C=O) groups excluding carboxylic acids is 2. The monoisotopic (exact) mass is 597 g/mol. The number of piperidine rings is 1. The van der Waals surface area contributed by atoms with Crippen LogP contribution in [0.25, 0.3) is 6.08 Å². The van der Waals surface area contributed by atoms with Crippen LogP contribution in [0, 0.1) is 0 Å². The molecule has 2 aliphatic heterocycles. The fourth-order valence-corrected chi connectivity index (χ4v) is 7.23. The summed E-state index contributed by atoms with van der Waals surface area (Å²) in [5, 5.41) is 0.930. The number of halogens is 4. The second-order valence-electron chi connectivity index (χ2n) is 9.91. The molecule has 2 saturated heterocycles. The summed E-state index contributed by atoms with van der Waals surface area (Å²) < 4.78 is 68.6. The number of pyridine rings is 1. The Labute approximate surface area is 234 Å². The average Bonchev–Trinajstić information content (AvgIpc) is 2.92. The van der Waals surface area contributed by atoms with E-state index in [2.05, 4.69) is 9.88 Å². The van der Waals surface area contributed by atoms with E-state index in [4.69, 9.17) is 11.6 Å². The number of fused-ring (bicyclic) bond motifs is 1. The third-order valence-corrected chi connectivity index (χ3v) is 9.67. The number of sulfonamides is 1. The predicted molar refractivity (Wildman–Crippen MR) is 143 cm³/mol. The first-order chi connectivity index (χ1) is 18.9. The Hall–Kier alpha value is -3.00. The number of Topliss-reactive ketones (excluding diaryl/α,β-unsaturated/α-hetero) is 1. The Kier molecular flexibility index (Phi) is 7.92. The zero-order valence-corrected chi connectivity index (χ0v) is 22.9. The minimum Gasteiger partial charge on any atom is -0.371 e. The van der Waals surface area contributed by atoms with Crippen molar-refractivity contribution in [1.29, 1.82) is 0 Å². The summed E-state index contributed by atoms with van der Waals surface area (Å²) in [5.41, 5.74) is 1.60. The molecule has 0 radical (unpaired) electrons. The van der Waals surface area contributed by atoms with Crippen LogP contribution in [-0.2, 0) is 14.8 Å². The van der Waals surface area contributed by atoms with Crippen molar-refractivity contribution < 1.29 is 31.2 Å². The van der Waals surface area contributed by atoms with E-state index in [0.717, 1.165) is 20.0 Å². The first kappa shape index (κ1) is 28.5. The highest BCUT2D eigenvalue weighted by Gasteiger charge is 2.45. The molecule has 1 aliphatic carbocycles. The summed E-state index contributed by atoms with van der Waals surface area (Å²) in [6.07, 6.45) is 2.24. The lowest BCUT2D eigenvalue weighted by Gasteiger charge is -2.46. The van der Waals surface area contributed by atoms with Crippen molar-refractivity contribution in [2.75, 3.05) is 44.2 Å². The lowest BCUT2D eigenvalue weighted by molar-refractivity contribution is -0.202. The van der Waals surface area contributed by atoms with Crippen LogP contribution in [0.4, 0.5) is 18.9 Å². The third-order valence-electron chi connectivity index (χ3n) is 7.39. The van der Waals surface area contributed by atoms with Gasteiger partial charge in [0, 0.05) is 54.3 Å². The van der Waals surface area contributed by atoms with Crippen molar-refractivity contribution in [2.24, 2.45) is 0 Å². The number of nitrogens with zero attached hydrogens (tertiary/aromatic N) is 5. The maximum Gasteiger partial charge on any atom is 0.403 e. The second kappa shape index (κ2) is 11.1. The average molecular weight is 598 g/mol. The molecule has 214 valence electrons. The first-order valence-electron chi connectivity index (χ1n) is 12.7. The standard InChI is InChI=1S/C26H27ClF3N5O4S/c27-19-2-3-22-18(15-19)1-4-23(25(22)37)40(38,39)33-13-14-34(24(36)16-33)35(17-26(28,29)30)21-7-11-32(12-8-21)20-5-9-31-10-6-20/h1-6,9-10,15,21,23H,7-8,11-14,16-17H2. The number of piperazine rings is 1. The molecule has 1 aromatic carbocycles. The van der Waals surface area contributed by atoms with Gasteiger partial charge in [0.1, 0.15) is 6.54 Å². The quantitative estimate of drug-likeness (QED) is 0.505. The minimum absolute atomic E-state index is 0.194. The zero-order valence-electron chi connectivity index (χ0n) is 21.3. The fourth-order valence-electron chi connectivity index (χ4n) is 5.43. The molecule has 14 heteroatoms. The molecule has 0 spiro atoms. The maximum atomic E-state index is 13.6. The topological polar surface area (TPSA) is 94.1 Å². The highest BCUT2D eigenvalue weighted by Crippen LogP contribution is 2.30. The minimum atomic E-state index is -4.57. The lowest BCUT2D eigenvalue weighted by atomic mass is 9.96. The highest BCUT2D eigenvalue weighted by molar-refractivity contribution is 7.90. The number of ketones is 1. The Bertz CT molecular complexity index is 1420. The van der Waals surface area contributed by atoms with Crippen molar-refractivity contribution in [3.63, 3.8) is 0 Å². The summed E-state index contributed by atoms with van der Waals surface area (Å²) >= 11 is 5.97. The Morgan fingerprint density at radius 1 is 1.02 bits per heavy atom. The van der Waals surface area contributed by atoms with Crippen molar-refractivity contribution in [3.8, 4) is 0 Å². The number of hydrazine groups is 1. The van der Waals surface area contributed by atoms with E-state index < -0.39 is 52.3 Å². The number of hydrogen-bond acceptors (Lipinski definition) is 7. The molecule has 0 N–H and O–H groups in total. The van der Waals surface area contributed by atoms with Crippen LogP contribution in [0.3, 0.4) is 0 Å². The van der Waals surface area contributed by atoms with Gasteiger partial charge in [-0.15, -0.1) is 0 Å². The normalized spacial score (nSPS) is 21.3. The third kappa shape index (κ3) is 5.87. The lowest BCUT2D eigenvalue weighted by Crippen LogP contribution is -2.63. The van der Waals surface area contributed by atoms with Gasteiger partial charge in [-0.05, 0) is 48.7 Å². The summed E-state index contributed by atoms with van der Waals surface area (Å²) in [7, 11) is -4.30. The van der Waals surface area contributed by atoms with Gasteiger partial charge >= 0.3 is 6.18 Å². The van der Waals surface area contributed by atoms with Gasteiger partial charge in [0.05, 0.1) is 13.1 Å². The molecule has 5 rings (SSSR count). The number of benzene rings is 1. The molecule has 1 amide bonds. The smallest absolute Gasteiger partial charge is 0.371 e. The molecule has 1 aromatic heterocycles. The Morgan fingerprint density at radius 2 is 1.73 bits per heavy atom. The van der Waals surface area contributed by atoms with E-state index in [9.17, 15) is 31.2 Å². The zero-order chi connectivity index (χ0) is 28.7. The number of amides is 1. The summed E-state index contributed by atoms with van der Waals surface area (Å²) in [6, 6.07) is 7.59. The van der Waals surface area contributed by atoms with Crippen LogP contribution in [0.1, 0.15) is 28.8 Å². The van der Waals surface area contributed by atoms with Crippen molar-refractivity contribution in [2.45, 2.75) is 30.3 Å². The molecule has 1 unspecified atom stereocenters.